The van der Waals surface area contributed by atoms with Crippen molar-refractivity contribution in [3.63, 3.8) is 0 Å². The van der Waals surface area contributed by atoms with Crippen molar-refractivity contribution in [1.82, 2.24) is 0 Å². The van der Waals surface area contributed by atoms with Gasteiger partial charge in [-0.2, -0.15) is 0 Å². The molecule has 0 aliphatic heterocycles. The van der Waals surface area contributed by atoms with Crippen LogP contribution in [0.3, 0.4) is 0 Å². The molecule has 0 saturated carbocycles. The van der Waals surface area contributed by atoms with Crippen LogP contribution in [0.15, 0.2) is 0 Å². The molecular formula is C8H17O-. The normalized spacial score (nSPS) is 15.7. The predicted molar refractivity (Wildman–Crippen MR) is 38.1 cm³/mol. The van der Waals surface area contributed by atoms with Gasteiger partial charge in [0.2, 0.25) is 0 Å². The van der Waals surface area contributed by atoms with Gasteiger partial charge in [0.25, 0.3) is 0 Å². The van der Waals surface area contributed by atoms with Gasteiger partial charge in [-0.15, -0.1) is 6.61 Å². The van der Waals surface area contributed by atoms with Gasteiger partial charge in [-0.05, 0) is 11.8 Å². The fourth-order valence-electron chi connectivity index (χ4n) is 1.10. The summed E-state index contributed by atoms with van der Waals surface area (Å²) in [6.45, 7) is 8.58. The van der Waals surface area contributed by atoms with E-state index in [1.165, 1.54) is 0 Å². The summed E-state index contributed by atoms with van der Waals surface area (Å²) in [7, 11) is 0. The fourth-order valence-corrected chi connectivity index (χ4v) is 1.10. The van der Waals surface area contributed by atoms with Gasteiger partial charge >= 0.3 is 0 Å². The Kier molecular flexibility index (Phi) is 3.20. The van der Waals surface area contributed by atoms with E-state index < -0.39 is 0 Å². The molecule has 1 heteroatoms. The van der Waals surface area contributed by atoms with E-state index in [2.05, 4.69) is 20.8 Å². The highest BCUT2D eigenvalue weighted by Gasteiger charge is 2.11. The molecule has 0 spiro atoms. The van der Waals surface area contributed by atoms with Crippen LogP contribution >= 0.6 is 0 Å². The van der Waals surface area contributed by atoms with E-state index in [9.17, 15) is 5.11 Å². The summed E-state index contributed by atoms with van der Waals surface area (Å²) < 4.78 is 0. The van der Waals surface area contributed by atoms with E-state index in [-0.39, 0.29) is 6.61 Å². The highest BCUT2D eigenvalue weighted by molar-refractivity contribution is 4.64. The van der Waals surface area contributed by atoms with Gasteiger partial charge in [0.1, 0.15) is 0 Å². The summed E-state index contributed by atoms with van der Waals surface area (Å²) in [5.41, 5.74) is 0.323. The lowest BCUT2D eigenvalue weighted by molar-refractivity contribution is -0.379. The smallest absolute Gasteiger partial charge is 0.0381 e. The van der Waals surface area contributed by atoms with Gasteiger partial charge in [0.15, 0.2) is 0 Å². The van der Waals surface area contributed by atoms with Crippen LogP contribution in [0.2, 0.25) is 0 Å². The molecule has 0 aliphatic carbocycles. The second-order valence-electron chi connectivity index (χ2n) is 4.04. The van der Waals surface area contributed by atoms with Crippen LogP contribution in [-0.2, 0) is 0 Å². The van der Waals surface area contributed by atoms with E-state index in [0.29, 0.717) is 11.3 Å². The third kappa shape index (κ3) is 5.84. The van der Waals surface area contributed by atoms with E-state index in [1.54, 1.807) is 0 Å². The van der Waals surface area contributed by atoms with Crippen molar-refractivity contribution < 1.29 is 5.11 Å². The lowest BCUT2D eigenvalue weighted by Gasteiger charge is -2.24. The van der Waals surface area contributed by atoms with Crippen molar-refractivity contribution in [2.45, 2.75) is 34.1 Å². The Hall–Kier alpha value is -0.0400. The van der Waals surface area contributed by atoms with Gasteiger partial charge in [-0.25, -0.2) is 0 Å². The molecular weight excluding hydrogens is 112 g/mol. The van der Waals surface area contributed by atoms with Crippen molar-refractivity contribution in [3.8, 4) is 0 Å². The Morgan fingerprint density at radius 3 is 1.89 bits per heavy atom. The zero-order chi connectivity index (χ0) is 7.49. The molecule has 0 bridgehead atoms. The summed E-state index contributed by atoms with van der Waals surface area (Å²) >= 11 is 0. The standard InChI is InChI=1S/C8H17O/c1-7(6-9)5-8(2,3)4/h7H,5-6H2,1-4H3/q-1. The zero-order valence-electron chi connectivity index (χ0n) is 6.90. The van der Waals surface area contributed by atoms with Crippen LogP contribution in [0, 0.1) is 11.3 Å². The molecule has 0 radical (unpaired) electrons. The van der Waals surface area contributed by atoms with Gasteiger partial charge in [-0.3, -0.25) is 0 Å². The van der Waals surface area contributed by atoms with Crippen molar-refractivity contribution in [2.24, 2.45) is 11.3 Å². The number of hydrogen-bond donors (Lipinski definition) is 0. The van der Waals surface area contributed by atoms with Crippen molar-refractivity contribution in [3.05, 3.63) is 0 Å². The van der Waals surface area contributed by atoms with Gasteiger partial charge in [-0.1, -0.05) is 33.6 Å². The maximum absolute atomic E-state index is 10.3. The van der Waals surface area contributed by atoms with Gasteiger partial charge in [0.05, 0.1) is 0 Å². The monoisotopic (exact) mass is 129 g/mol. The highest BCUT2D eigenvalue weighted by Crippen LogP contribution is 2.22. The number of hydrogen-bond acceptors (Lipinski definition) is 1. The molecule has 0 N–H and O–H groups in total. The average molecular weight is 129 g/mol. The first-order valence-corrected chi connectivity index (χ1v) is 3.54. The third-order valence-electron chi connectivity index (χ3n) is 1.25. The summed E-state index contributed by atoms with van der Waals surface area (Å²) in [5, 5.41) is 10.3. The maximum atomic E-state index is 10.3. The van der Waals surface area contributed by atoms with E-state index in [1.807, 2.05) is 6.92 Å². The molecule has 0 saturated heterocycles. The lowest BCUT2D eigenvalue weighted by Crippen LogP contribution is -2.20. The first-order chi connectivity index (χ1) is 3.95. The van der Waals surface area contributed by atoms with E-state index in [0.717, 1.165) is 6.42 Å². The van der Waals surface area contributed by atoms with Crippen LogP contribution < -0.4 is 5.11 Å². The Bertz CT molecular complexity index is 71.1. The molecule has 1 unspecified atom stereocenters. The van der Waals surface area contributed by atoms with Crippen LogP contribution in [0.4, 0.5) is 0 Å². The van der Waals surface area contributed by atoms with E-state index in [4.69, 9.17) is 0 Å². The Morgan fingerprint density at radius 1 is 1.33 bits per heavy atom. The molecule has 0 aromatic carbocycles. The maximum Gasteiger partial charge on any atom is -0.0381 e. The predicted octanol–water partition coefficient (Wildman–Crippen LogP) is 1.42. The summed E-state index contributed by atoms with van der Waals surface area (Å²) in [4.78, 5) is 0. The van der Waals surface area contributed by atoms with Crippen molar-refractivity contribution >= 4 is 0 Å². The first-order valence-electron chi connectivity index (χ1n) is 3.54. The molecule has 0 fully saturated rings. The SMILES string of the molecule is CC(C[O-])CC(C)(C)C. The summed E-state index contributed by atoms with van der Waals surface area (Å²) in [6.07, 6.45) is 1.04. The quantitative estimate of drug-likeness (QED) is 0.553. The second-order valence-corrected chi connectivity index (χ2v) is 4.04. The molecule has 0 amide bonds. The van der Waals surface area contributed by atoms with Crippen molar-refractivity contribution in [1.29, 1.82) is 0 Å². The summed E-state index contributed by atoms with van der Waals surface area (Å²) in [5.74, 6) is 0.338. The second kappa shape index (κ2) is 3.21. The molecule has 1 nitrogen and oxygen atoms in total. The Morgan fingerprint density at radius 2 is 1.78 bits per heavy atom. The lowest BCUT2D eigenvalue weighted by atomic mass is 9.86. The molecule has 1 atom stereocenters. The van der Waals surface area contributed by atoms with Crippen LogP contribution in [-0.4, -0.2) is 6.61 Å². The van der Waals surface area contributed by atoms with Crippen LogP contribution in [0.5, 0.6) is 0 Å². The molecule has 0 aliphatic rings. The molecule has 56 valence electrons. The molecule has 0 aromatic rings. The van der Waals surface area contributed by atoms with Crippen molar-refractivity contribution in [2.75, 3.05) is 6.61 Å². The topological polar surface area (TPSA) is 23.1 Å². The largest absolute Gasteiger partial charge is 0.854 e. The highest BCUT2D eigenvalue weighted by atomic mass is 16.3. The average Bonchev–Trinajstić information content (AvgIpc) is 1.62. The molecule has 9 heavy (non-hydrogen) atoms. The Labute approximate surface area is 58.1 Å². The van der Waals surface area contributed by atoms with E-state index >= 15 is 0 Å². The van der Waals surface area contributed by atoms with Crippen LogP contribution in [0.1, 0.15) is 34.1 Å². The minimum absolute atomic E-state index is 0.0667. The van der Waals surface area contributed by atoms with Gasteiger partial charge < -0.3 is 5.11 Å². The Balaban J connectivity index is 3.47. The molecule has 0 aromatic heterocycles. The van der Waals surface area contributed by atoms with Gasteiger partial charge in [0, 0.05) is 0 Å². The zero-order valence-corrected chi connectivity index (χ0v) is 6.90. The first kappa shape index (κ1) is 8.96. The fraction of sp³-hybridized carbons (Fsp3) is 1.00. The molecule has 0 heterocycles. The minimum atomic E-state index is 0.0667. The molecule has 0 rings (SSSR count). The summed E-state index contributed by atoms with van der Waals surface area (Å²) in [6, 6.07) is 0. The number of rotatable bonds is 2. The third-order valence-corrected chi connectivity index (χ3v) is 1.25. The minimum Gasteiger partial charge on any atom is -0.854 e. The van der Waals surface area contributed by atoms with Crippen LogP contribution in [0.25, 0.3) is 0 Å².